The number of hydrogen-bond donors (Lipinski definition) is 2. The van der Waals surface area contributed by atoms with Crippen molar-refractivity contribution in [1.29, 1.82) is 0 Å². The summed E-state index contributed by atoms with van der Waals surface area (Å²) in [4.78, 5) is 23.9. The molecule has 2 N–H and O–H groups in total. The van der Waals surface area contributed by atoms with Crippen LogP contribution >= 0.6 is 11.8 Å². The van der Waals surface area contributed by atoms with E-state index in [1.807, 2.05) is 60.7 Å². The van der Waals surface area contributed by atoms with Gasteiger partial charge in [-0.05, 0) is 97.2 Å². The molecule has 0 saturated heterocycles. The average molecular weight is 875 g/mol. The number of carbonyl (C=O) groups excluding carboxylic acids is 1. The van der Waals surface area contributed by atoms with Crippen molar-refractivity contribution < 1.29 is 43.5 Å². The molecular formula is C51H58N2O9S. The topological polar surface area (TPSA) is 129 Å². The minimum absolute atomic E-state index is 0.0855. The molecule has 1 saturated carbocycles. The van der Waals surface area contributed by atoms with Crippen LogP contribution in [0.5, 0.6) is 23.0 Å². The molecule has 4 aromatic rings. The highest BCUT2D eigenvalue weighted by Crippen LogP contribution is 2.62. The van der Waals surface area contributed by atoms with Gasteiger partial charge >= 0.3 is 0 Å². The van der Waals surface area contributed by atoms with Gasteiger partial charge in [-0.25, -0.2) is 0 Å². The fourth-order valence-corrected chi connectivity index (χ4v) is 10.5. The van der Waals surface area contributed by atoms with Crippen LogP contribution in [0.4, 0.5) is 0 Å². The molecule has 0 spiro atoms. The van der Waals surface area contributed by atoms with Gasteiger partial charge in [0.2, 0.25) is 12.6 Å². The van der Waals surface area contributed by atoms with Gasteiger partial charge < -0.3 is 43.6 Å². The van der Waals surface area contributed by atoms with E-state index in [4.69, 9.17) is 33.7 Å². The number of benzene rings is 4. The van der Waals surface area contributed by atoms with E-state index in [-0.39, 0.29) is 63.3 Å². The van der Waals surface area contributed by atoms with Gasteiger partial charge in [-0.2, -0.15) is 0 Å². The summed E-state index contributed by atoms with van der Waals surface area (Å²) < 4.78 is 32.1. The van der Waals surface area contributed by atoms with Crippen LogP contribution in [-0.2, 0) is 16.2 Å². The molecule has 0 bridgehead atoms. The zero-order valence-corrected chi connectivity index (χ0v) is 36.8. The normalized spacial score (nSPS) is 23.5. The largest absolute Gasteiger partial charge is 0.493 e. The number of thioether (sulfide) groups is 1. The van der Waals surface area contributed by atoms with Gasteiger partial charge in [-0.15, -0.1) is 18.3 Å². The number of unbranched alkanes of at least 4 members (excludes halogenated alkanes) is 2. The predicted molar refractivity (Wildman–Crippen MR) is 244 cm³/mol. The van der Waals surface area contributed by atoms with Gasteiger partial charge in [0.15, 0.2) is 11.5 Å². The second-order valence-electron chi connectivity index (χ2n) is 16.5. The molecular weight excluding hydrogens is 817 g/mol. The molecule has 8 rings (SSSR count). The number of hydrogen-bond acceptors (Lipinski definition) is 11. The number of carbonyl (C=O) groups is 1. The SMILES string of the molecule is C=CCO[C@@]12Oc3ccc(OCCSc4ccccc4)cc3[C@H]3[C@H](CCCCO)[C@@H](CCCCO)C=C(C(=NOCc4ccccc4)C[C@@H]1N(C)C(=O)c1ccc4c(c1)OCO4)[C@H]32. The van der Waals surface area contributed by atoms with E-state index in [0.29, 0.717) is 42.3 Å². The van der Waals surface area contributed by atoms with Crippen molar-refractivity contribution in [2.45, 2.75) is 74.2 Å². The minimum atomic E-state index is -1.38. The van der Waals surface area contributed by atoms with Gasteiger partial charge in [0.25, 0.3) is 5.91 Å². The van der Waals surface area contributed by atoms with Crippen LogP contribution in [0.25, 0.3) is 0 Å². The maximum Gasteiger partial charge on any atom is 0.254 e. The number of fused-ring (bicyclic) bond motifs is 3. The van der Waals surface area contributed by atoms with E-state index in [0.717, 1.165) is 59.6 Å². The Kier molecular flexibility index (Phi) is 14.7. The lowest BCUT2D eigenvalue weighted by molar-refractivity contribution is -0.252. The molecule has 63 heavy (non-hydrogen) atoms. The van der Waals surface area contributed by atoms with E-state index in [1.165, 1.54) is 4.90 Å². The molecule has 2 aliphatic heterocycles. The summed E-state index contributed by atoms with van der Waals surface area (Å²) in [5.41, 5.74) is 4.13. The first kappa shape index (κ1) is 44.3. The minimum Gasteiger partial charge on any atom is -0.493 e. The fraction of sp³-hybridized carbons (Fsp3) is 0.412. The first-order valence-electron chi connectivity index (χ1n) is 22.2. The number of rotatable bonds is 21. The number of aliphatic hydroxyl groups excluding tert-OH is 2. The first-order chi connectivity index (χ1) is 30.9. The third-order valence-electron chi connectivity index (χ3n) is 12.7. The molecule has 4 aliphatic rings. The van der Waals surface area contributed by atoms with Gasteiger partial charge in [0.05, 0.1) is 24.8 Å². The number of nitrogens with zero attached hydrogens (tertiary/aromatic N) is 2. The van der Waals surface area contributed by atoms with Crippen molar-refractivity contribution in [3.63, 3.8) is 0 Å². The summed E-state index contributed by atoms with van der Waals surface area (Å²) in [6.45, 7) is 5.31. The highest BCUT2D eigenvalue weighted by Gasteiger charge is 2.65. The molecule has 1 amide bonds. The Morgan fingerprint density at radius 2 is 1.67 bits per heavy atom. The zero-order chi connectivity index (χ0) is 43.6. The number of ether oxygens (including phenoxy) is 5. The molecule has 6 atom stereocenters. The lowest BCUT2D eigenvalue weighted by Gasteiger charge is -2.59. The number of likely N-dealkylation sites (N-methyl/N-ethyl adjacent to an activating group) is 1. The third kappa shape index (κ3) is 9.79. The molecule has 332 valence electrons. The van der Waals surface area contributed by atoms with Gasteiger partial charge in [-0.3, -0.25) is 4.79 Å². The van der Waals surface area contributed by atoms with Gasteiger partial charge in [-0.1, -0.05) is 78.7 Å². The number of oxime groups is 1. The molecule has 2 aliphatic carbocycles. The quantitative estimate of drug-likeness (QED) is 0.0362. The molecule has 2 heterocycles. The summed E-state index contributed by atoms with van der Waals surface area (Å²) in [5, 5.41) is 24.8. The second kappa shape index (κ2) is 20.9. The summed E-state index contributed by atoms with van der Waals surface area (Å²) >= 11 is 1.75. The van der Waals surface area contributed by atoms with Crippen LogP contribution in [-0.4, -0.2) is 84.6 Å². The van der Waals surface area contributed by atoms with Gasteiger partial charge in [0, 0.05) is 54.4 Å². The fourth-order valence-electron chi connectivity index (χ4n) is 9.79. The predicted octanol–water partition coefficient (Wildman–Crippen LogP) is 9.19. The number of aliphatic hydroxyl groups is 2. The molecule has 1 fully saturated rings. The van der Waals surface area contributed by atoms with Crippen molar-refractivity contribution in [1.82, 2.24) is 4.90 Å². The highest BCUT2D eigenvalue weighted by molar-refractivity contribution is 7.99. The summed E-state index contributed by atoms with van der Waals surface area (Å²) in [7, 11) is 1.80. The Bertz CT molecular complexity index is 2240. The molecule has 4 aromatic carbocycles. The Labute approximate surface area is 374 Å². The highest BCUT2D eigenvalue weighted by atomic mass is 32.2. The van der Waals surface area contributed by atoms with Crippen LogP contribution in [0.15, 0.2) is 131 Å². The van der Waals surface area contributed by atoms with Crippen LogP contribution in [0.2, 0.25) is 0 Å². The van der Waals surface area contributed by atoms with Crippen molar-refractivity contribution in [3.05, 3.63) is 138 Å². The average Bonchev–Trinajstić information content (AvgIpc) is 3.80. The number of amides is 1. The molecule has 0 radical (unpaired) electrons. The van der Waals surface area contributed by atoms with Crippen molar-refractivity contribution in [2.75, 3.05) is 46.0 Å². The van der Waals surface area contributed by atoms with Crippen molar-refractivity contribution in [3.8, 4) is 23.0 Å². The van der Waals surface area contributed by atoms with Crippen LogP contribution in [0.3, 0.4) is 0 Å². The molecule has 0 unspecified atom stereocenters. The lowest BCUT2D eigenvalue weighted by atomic mass is 9.55. The van der Waals surface area contributed by atoms with E-state index in [2.05, 4.69) is 30.9 Å². The van der Waals surface area contributed by atoms with Crippen LogP contribution in [0, 0.1) is 17.8 Å². The Hall–Kier alpha value is -5.27. The molecule has 0 aromatic heterocycles. The first-order valence-corrected chi connectivity index (χ1v) is 23.1. The van der Waals surface area contributed by atoms with Gasteiger partial charge in [0.1, 0.15) is 24.1 Å². The smallest absolute Gasteiger partial charge is 0.254 e. The van der Waals surface area contributed by atoms with Crippen LogP contribution in [0.1, 0.15) is 72.3 Å². The van der Waals surface area contributed by atoms with Crippen LogP contribution < -0.4 is 18.9 Å². The van der Waals surface area contributed by atoms with Crippen molar-refractivity contribution >= 4 is 23.4 Å². The monoisotopic (exact) mass is 874 g/mol. The standard InChI is InChI=1S/C51H58N2O9S/c1-3-26-60-51-47(53(2)50(56)37-20-22-45-46(30-37)59-34-58-45)32-43(52-61-33-35-14-6-4-7-15-35)41-29-36(16-10-12-24-54)40(19-11-13-25-55)48(49(41)51)42-31-38(21-23-44(42)62-51)57-27-28-63-39-17-8-5-9-18-39/h3-9,14-15,17-18,20-23,29-31,36,40,47-49,54-55H,1,10-13,16,19,24-28,32-34H2,2H3/t36-,40+,47-,48+,49+,51+/m0/s1. The second-order valence-corrected chi connectivity index (χ2v) is 17.7. The zero-order valence-electron chi connectivity index (χ0n) is 35.9. The molecule has 12 heteroatoms. The Morgan fingerprint density at radius 1 is 0.921 bits per heavy atom. The number of allylic oxidation sites excluding steroid dienone is 1. The summed E-state index contributed by atoms with van der Waals surface area (Å²) in [5.74, 6) is 1.26. The Morgan fingerprint density at radius 3 is 2.44 bits per heavy atom. The van der Waals surface area contributed by atoms with E-state index < -0.39 is 17.7 Å². The van der Waals surface area contributed by atoms with E-state index in [1.54, 1.807) is 48.0 Å². The molecule has 11 nitrogen and oxygen atoms in total. The lowest BCUT2D eigenvalue weighted by Crippen LogP contribution is -2.69. The third-order valence-corrected chi connectivity index (χ3v) is 13.6. The van der Waals surface area contributed by atoms with E-state index >= 15 is 0 Å². The maximum absolute atomic E-state index is 14.8. The maximum atomic E-state index is 14.8. The van der Waals surface area contributed by atoms with Crippen molar-refractivity contribution in [2.24, 2.45) is 22.9 Å². The Balaban J connectivity index is 1.24. The summed E-state index contributed by atoms with van der Waals surface area (Å²) in [6, 6.07) is 30.9. The van der Waals surface area contributed by atoms with E-state index in [9.17, 15) is 15.0 Å². The summed E-state index contributed by atoms with van der Waals surface area (Å²) in [6.07, 6.45) is 9.06.